The van der Waals surface area contributed by atoms with Crippen molar-refractivity contribution >= 4 is 40.7 Å². The van der Waals surface area contributed by atoms with Crippen LogP contribution in [0.1, 0.15) is 34.2 Å². The first-order chi connectivity index (χ1) is 20.2. The van der Waals surface area contributed by atoms with E-state index in [0.29, 0.717) is 10.9 Å². The highest BCUT2D eigenvalue weighted by molar-refractivity contribution is 5.98. The number of nitrogens with one attached hydrogen (secondary N) is 1. The summed E-state index contributed by atoms with van der Waals surface area (Å²) >= 11 is 0. The molecular formula is C29H30N4O9. The predicted octanol–water partition coefficient (Wildman–Crippen LogP) is 2.85. The number of hydrogen-bond acceptors (Lipinski definition) is 8. The zero-order chi connectivity index (χ0) is 30.2. The number of carboxylic acid groups (broad SMARTS) is 2. The number of aromatic nitrogens is 1. The zero-order valence-corrected chi connectivity index (χ0v) is 22.8. The Balaban J connectivity index is 1.41. The van der Waals surface area contributed by atoms with Crippen molar-refractivity contribution in [3.05, 3.63) is 65.9 Å². The number of rotatable bonds is 10. The number of hydrogen-bond donors (Lipinski definition) is 3. The van der Waals surface area contributed by atoms with Gasteiger partial charge in [0.05, 0.1) is 17.7 Å². The minimum Gasteiger partial charge on any atom is -0.481 e. The highest BCUT2D eigenvalue weighted by atomic mass is 16.6. The average molecular weight is 579 g/mol. The van der Waals surface area contributed by atoms with Crippen molar-refractivity contribution in [2.45, 2.75) is 13.3 Å². The van der Waals surface area contributed by atoms with Crippen LogP contribution < -0.4 is 10.1 Å². The Bertz CT molecular complexity index is 1500. The number of benzene rings is 2. The molecule has 1 aromatic heterocycles. The number of amides is 3. The van der Waals surface area contributed by atoms with Gasteiger partial charge >= 0.3 is 18.0 Å². The summed E-state index contributed by atoms with van der Waals surface area (Å²) in [5.74, 6) is -4.49. The van der Waals surface area contributed by atoms with Crippen molar-refractivity contribution < 1.29 is 43.7 Å². The van der Waals surface area contributed by atoms with E-state index in [1.165, 1.54) is 34.1 Å². The molecular weight excluding hydrogens is 548 g/mol. The number of aliphatic carboxylic acids is 1. The highest BCUT2D eigenvalue weighted by Gasteiger charge is 2.33. The standard InChI is InChI=1S/C29H30N4O9/c1-2-41-29(40)33-14-12-32(13-15-33)26(35)21(28(38)39)10-11-30-25(34)23-17-24(20-8-3-4-9-22(20)31-23)42-19-7-5-6-18(16-19)27(36)37/h3-9,16-17,21H,2,10-15H2,1H3,(H,30,34)(H,36,37)(H,38,39). The Morgan fingerprint density at radius 3 is 2.36 bits per heavy atom. The first-order valence-electron chi connectivity index (χ1n) is 13.3. The summed E-state index contributed by atoms with van der Waals surface area (Å²) in [6.07, 6.45) is -0.636. The fraction of sp³-hybridized carbons (Fsp3) is 0.310. The molecule has 0 radical (unpaired) electrons. The molecule has 0 saturated carbocycles. The molecule has 3 amide bonds. The number of nitrogens with zero attached hydrogens (tertiary/aromatic N) is 3. The van der Waals surface area contributed by atoms with Gasteiger partial charge in [-0.25, -0.2) is 14.6 Å². The number of para-hydroxylation sites is 1. The van der Waals surface area contributed by atoms with Gasteiger partial charge < -0.3 is 34.8 Å². The topological polar surface area (TPSA) is 176 Å². The number of carbonyl (C=O) groups excluding carboxylic acids is 3. The van der Waals surface area contributed by atoms with Gasteiger partial charge in [-0.05, 0) is 43.7 Å². The number of carboxylic acids is 2. The number of fused-ring (bicyclic) bond motifs is 1. The van der Waals surface area contributed by atoms with Gasteiger partial charge in [-0.3, -0.25) is 14.4 Å². The summed E-state index contributed by atoms with van der Waals surface area (Å²) < 4.78 is 10.9. The largest absolute Gasteiger partial charge is 0.481 e. The quantitative estimate of drug-likeness (QED) is 0.303. The number of pyridine rings is 1. The molecule has 0 aliphatic carbocycles. The van der Waals surface area contributed by atoms with Crippen molar-refractivity contribution in [3.63, 3.8) is 0 Å². The van der Waals surface area contributed by atoms with Crippen molar-refractivity contribution in [3.8, 4) is 11.5 Å². The van der Waals surface area contributed by atoms with Gasteiger partial charge in [0, 0.05) is 44.2 Å². The van der Waals surface area contributed by atoms with E-state index < -0.39 is 35.8 Å². The Morgan fingerprint density at radius 2 is 1.67 bits per heavy atom. The predicted molar refractivity (Wildman–Crippen MR) is 148 cm³/mol. The van der Waals surface area contributed by atoms with Crippen LogP contribution in [0.2, 0.25) is 0 Å². The van der Waals surface area contributed by atoms with E-state index in [9.17, 15) is 34.2 Å². The Morgan fingerprint density at radius 1 is 0.952 bits per heavy atom. The number of piperazine rings is 1. The van der Waals surface area contributed by atoms with Crippen molar-refractivity contribution in [1.29, 1.82) is 0 Å². The second-order valence-electron chi connectivity index (χ2n) is 9.40. The highest BCUT2D eigenvalue weighted by Crippen LogP contribution is 2.30. The van der Waals surface area contributed by atoms with Crippen LogP contribution in [0.5, 0.6) is 11.5 Å². The molecule has 2 heterocycles. The Kier molecular flexibility index (Phi) is 9.53. The maximum atomic E-state index is 13.0. The third kappa shape index (κ3) is 7.11. The summed E-state index contributed by atoms with van der Waals surface area (Å²) in [6.45, 7) is 2.61. The van der Waals surface area contributed by atoms with E-state index in [1.54, 1.807) is 37.3 Å². The SMILES string of the molecule is CCOC(=O)N1CCN(C(=O)C(CCNC(=O)c2cc(Oc3cccc(C(=O)O)c3)c3ccccc3n2)C(=O)O)CC1. The van der Waals surface area contributed by atoms with Gasteiger partial charge in [0.25, 0.3) is 5.91 Å². The fourth-order valence-electron chi connectivity index (χ4n) is 4.48. The van der Waals surface area contributed by atoms with Crippen molar-refractivity contribution in [2.75, 3.05) is 39.3 Å². The summed E-state index contributed by atoms with van der Waals surface area (Å²) in [5, 5.41) is 22.2. The molecule has 1 atom stereocenters. The van der Waals surface area contributed by atoms with Gasteiger partial charge in [-0.1, -0.05) is 18.2 Å². The van der Waals surface area contributed by atoms with Crippen molar-refractivity contribution in [2.24, 2.45) is 5.92 Å². The molecule has 2 aromatic carbocycles. The van der Waals surface area contributed by atoms with E-state index in [2.05, 4.69) is 10.3 Å². The maximum absolute atomic E-state index is 13.0. The molecule has 1 saturated heterocycles. The van der Waals surface area contributed by atoms with Crippen LogP contribution in [0.3, 0.4) is 0 Å². The van der Waals surface area contributed by atoms with Crippen LogP contribution >= 0.6 is 0 Å². The second kappa shape index (κ2) is 13.4. The lowest BCUT2D eigenvalue weighted by Gasteiger charge is -2.35. The van der Waals surface area contributed by atoms with Crippen LogP contribution in [0, 0.1) is 5.92 Å². The second-order valence-corrected chi connectivity index (χ2v) is 9.40. The monoisotopic (exact) mass is 578 g/mol. The molecule has 0 spiro atoms. The minimum absolute atomic E-state index is 0.00798. The normalized spacial score (nSPS) is 13.7. The molecule has 220 valence electrons. The van der Waals surface area contributed by atoms with Gasteiger partial charge in [-0.15, -0.1) is 0 Å². The van der Waals surface area contributed by atoms with Gasteiger partial charge in [0.1, 0.15) is 23.1 Å². The van der Waals surface area contributed by atoms with E-state index in [1.807, 2.05) is 0 Å². The Labute approximate surface area is 240 Å². The summed E-state index contributed by atoms with van der Waals surface area (Å²) in [7, 11) is 0. The molecule has 13 heteroatoms. The van der Waals surface area contributed by atoms with E-state index in [-0.39, 0.29) is 68.5 Å². The number of carbonyl (C=O) groups is 5. The van der Waals surface area contributed by atoms with Gasteiger partial charge in [0.15, 0.2) is 0 Å². The maximum Gasteiger partial charge on any atom is 0.409 e. The molecule has 1 unspecified atom stereocenters. The number of ether oxygens (including phenoxy) is 2. The molecule has 1 fully saturated rings. The van der Waals surface area contributed by atoms with Crippen LogP contribution in [0.4, 0.5) is 4.79 Å². The lowest BCUT2D eigenvalue weighted by atomic mass is 10.0. The minimum atomic E-state index is -1.38. The summed E-state index contributed by atoms with van der Waals surface area (Å²) in [6, 6.07) is 14.3. The first kappa shape index (κ1) is 29.8. The third-order valence-corrected chi connectivity index (χ3v) is 6.65. The van der Waals surface area contributed by atoms with E-state index in [0.717, 1.165) is 0 Å². The Hall–Kier alpha value is -5.20. The average Bonchev–Trinajstić information content (AvgIpc) is 2.99. The fourth-order valence-corrected chi connectivity index (χ4v) is 4.48. The first-order valence-corrected chi connectivity index (χ1v) is 13.3. The number of aromatic carboxylic acids is 1. The summed E-state index contributed by atoms with van der Waals surface area (Å²) in [5.41, 5.74) is 0.480. The molecule has 3 N–H and O–H groups in total. The molecule has 13 nitrogen and oxygen atoms in total. The zero-order valence-electron chi connectivity index (χ0n) is 22.8. The molecule has 1 aliphatic heterocycles. The van der Waals surface area contributed by atoms with Gasteiger partial charge in [0.2, 0.25) is 5.91 Å². The van der Waals surface area contributed by atoms with Crippen LogP contribution in [0.15, 0.2) is 54.6 Å². The van der Waals surface area contributed by atoms with Crippen LogP contribution in [0.25, 0.3) is 10.9 Å². The lowest BCUT2D eigenvalue weighted by Crippen LogP contribution is -2.53. The lowest BCUT2D eigenvalue weighted by molar-refractivity contribution is -0.152. The molecule has 42 heavy (non-hydrogen) atoms. The summed E-state index contributed by atoms with van der Waals surface area (Å²) in [4.78, 5) is 68.3. The smallest absolute Gasteiger partial charge is 0.409 e. The molecule has 4 rings (SSSR count). The van der Waals surface area contributed by atoms with Crippen molar-refractivity contribution in [1.82, 2.24) is 20.1 Å². The van der Waals surface area contributed by atoms with Crippen LogP contribution in [-0.4, -0.2) is 94.2 Å². The molecule has 0 bridgehead atoms. The van der Waals surface area contributed by atoms with E-state index >= 15 is 0 Å². The van der Waals surface area contributed by atoms with Gasteiger partial charge in [-0.2, -0.15) is 0 Å². The third-order valence-electron chi connectivity index (χ3n) is 6.65. The van der Waals surface area contributed by atoms with E-state index in [4.69, 9.17) is 9.47 Å². The molecule has 3 aromatic rings. The van der Waals surface area contributed by atoms with Crippen LogP contribution in [-0.2, 0) is 14.3 Å². The molecule has 1 aliphatic rings.